The van der Waals surface area contributed by atoms with Gasteiger partial charge in [-0.1, -0.05) is 28.1 Å². The Morgan fingerprint density at radius 2 is 2.18 bits per heavy atom. The highest BCUT2D eigenvalue weighted by Crippen LogP contribution is 2.36. The molecule has 94 valence electrons. The van der Waals surface area contributed by atoms with Gasteiger partial charge in [0.15, 0.2) is 0 Å². The summed E-state index contributed by atoms with van der Waals surface area (Å²) in [7, 11) is 0. The Kier molecular flexibility index (Phi) is 4.86. The predicted octanol–water partition coefficient (Wildman–Crippen LogP) is 3.95. The molecule has 0 bridgehead atoms. The van der Waals surface area contributed by atoms with Crippen LogP contribution in [0.2, 0.25) is 0 Å². The molecule has 0 saturated carbocycles. The van der Waals surface area contributed by atoms with Crippen LogP contribution in [0.4, 0.5) is 0 Å². The molecule has 0 radical (unpaired) electrons. The lowest BCUT2D eigenvalue weighted by atomic mass is 9.94. The van der Waals surface area contributed by atoms with Gasteiger partial charge >= 0.3 is 0 Å². The van der Waals surface area contributed by atoms with Gasteiger partial charge in [-0.25, -0.2) is 0 Å². The van der Waals surface area contributed by atoms with Crippen LogP contribution in [0.1, 0.15) is 30.2 Å². The molecular formula is C14H19BrO2. The molecule has 2 nitrogen and oxygen atoms in total. The third-order valence-corrected chi connectivity index (χ3v) is 4.40. The van der Waals surface area contributed by atoms with Crippen LogP contribution in [0, 0.1) is 5.92 Å². The molecule has 1 fully saturated rings. The second-order valence-electron chi connectivity index (χ2n) is 4.38. The first-order valence-corrected chi connectivity index (χ1v) is 7.17. The summed E-state index contributed by atoms with van der Waals surface area (Å²) in [6, 6.07) is 8.35. The molecule has 1 saturated heterocycles. The van der Waals surface area contributed by atoms with Gasteiger partial charge in [0, 0.05) is 11.4 Å². The minimum atomic E-state index is 0.387. The monoisotopic (exact) mass is 298 g/mol. The van der Waals surface area contributed by atoms with Gasteiger partial charge in [-0.05, 0) is 43.4 Å². The fourth-order valence-electron chi connectivity index (χ4n) is 2.18. The van der Waals surface area contributed by atoms with Crippen molar-refractivity contribution >= 4 is 15.9 Å². The van der Waals surface area contributed by atoms with E-state index >= 15 is 0 Å². The first-order chi connectivity index (χ1) is 8.31. The standard InChI is InChI=1S/C14H19BrO2/c1-2-17-13-7-5-11(6-8-13)14(15)12-4-3-9-16-10-12/h5-8,12,14H,2-4,9-10H2,1H3. The zero-order valence-electron chi connectivity index (χ0n) is 10.2. The van der Waals surface area contributed by atoms with E-state index in [2.05, 4.69) is 28.1 Å². The van der Waals surface area contributed by atoms with Gasteiger partial charge < -0.3 is 9.47 Å². The number of hydrogen-bond acceptors (Lipinski definition) is 2. The number of benzene rings is 1. The van der Waals surface area contributed by atoms with Crippen molar-refractivity contribution in [3.05, 3.63) is 29.8 Å². The fourth-order valence-corrected chi connectivity index (χ4v) is 2.91. The van der Waals surface area contributed by atoms with Crippen LogP contribution in [-0.4, -0.2) is 19.8 Å². The van der Waals surface area contributed by atoms with Crippen LogP contribution in [0.25, 0.3) is 0 Å². The van der Waals surface area contributed by atoms with Crippen LogP contribution in [0.15, 0.2) is 24.3 Å². The summed E-state index contributed by atoms with van der Waals surface area (Å²) in [4.78, 5) is 0.387. The molecule has 2 atom stereocenters. The Morgan fingerprint density at radius 1 is 1.41 bits per heavy atom. The lowest BCUT2D eigenvalue weighted by Gasteiger charge is -2.26. The largest absolute Gasteiger partial charge is 0.494 e. The molecule has 2 rings (SSSR count). The summed E-state index contributed by atoms with van der Waals surface area (Å²) in [5.74, 6) is 1.53. The van der Waals surface area contributed by atoms with Crippen LogP contribution in [0.3, 0.4) is 0 Å². The van der Waals surface area contributed by atoms with Crippen molar-refractivity contribution in [1.82, 2.24) is 0 Å². The quantitative estimate of drug-likeness (QED) is 0.784. The fraction of sp³-hybridized carbons (Fsp3) is 0.571. The predicted molar refractivity (Wildman–Crippen MR) is 72.8 cm³/mol. The Balaban J connectivity index is 2.00. The number of ether oxygens (including phenoxy) is 2. The first-order valence-electron chi connectivity index (χ1n) is 6.26. The summed E-state index contributed by atoms with van der Waals surface area (Å²) in [6.07, 6.45) is 2.41. The van der Waals surface area contributed by atoms with Crippen LogP contribution in [-0.2, 0) is 4.74 Å². The van der Waals surface area contributed by atoms with Crippen LogP contribution < -0.4 is 4.74 Å². The van der Waals surface area contributed by atoms with E-state index in [4.69, 9.17) is 9.47 Å². The Hall–Kier alpha value is -0.540. The molecule has 0 N–H and O–H groups in total. The summed E-state index contributed by atoms with van der Waals surface area (Å²) in [5.41, 5.74) is 1.31. The van der Waals surface area contributed by atoms with Gasteiger partial charge in [-0.15, -0.1) is 0 Å². The highest BCUT2D eigenvalue weighted by Gasteiger charge is 2.23. The van der Waals surface area contributed by atoms with Gasteiger partial charge in [0.1, 0.15) is 5.75 Å². The smallest absolute Gasteiger partial charge is 0.119 e. The summed E-state index contributed by atoms with van der Waals surface area (Å²) in [5, 5.41) is 0. The molecular weight excluding hydrogens is 280 g/mol. The molecule has 0 aliphatic carbocycles. The van der Waals surface area contributed by atoms with Crippen molar-refractivity contribution in [2.45, 2.75) is 24.6 Å². The maximum absolute atomic E-state index is 5.53. The van der Waals surface area contributed by atoms with Crippen molar-refractivity contribution in [2.24, 2.45) is 5.92 Å². The van der Waals surface area contributed by atoms with Crippen LogP contribution >= 0.6 is 15.9 Å². The maximum atomic E-state index is 5.53. The van der Waals surface area contributed by atoms with Crippen molar-refractivity contribution < 1.29 is 9.47 Å². The van der Waals surface area contributed by atoms with Gasteiger partial charge in [0.25, 0.3) is 0 Å². The average molecular weight is 299 g/mol. The van der Waals surface area contributed by atoms with Gasteiger partial charge in [0.05, 0.1) is 13.2 Å². The van der Waals surface area contributed by atoms with E-state index in [0.29, 0.717) is 17.4 Å². The number of alkyl halides is 1. The normalized spacial score (nSPS) is 22.1. The molecule has 1 aliphatic heterocycles. The minimum Gasteiger partial charge on any atom is -0.494 e. The molecule has 3 heteroatoms. The van der Waals surface area contributed by atoms with E-state index < -0.39 is 0 Å². The minimum absolute atomic E-state index is 0.387. The van der Waals surface area contributed by atoms with E-state index in [9.17, 15) is 0 Å². The van der Waals surface area contributed by atoms with Crippen molar-refractivity contribution in [3.63, 3.8) is 0 Å². The van der Waals surface area contributed by atoms with E-state index in [0.717, 1.165) is 19.0 Å². The third kappa shape index (κ3) is 3.46. The molecule has 0 amide bonds. The van der Waals surface area contributed by atoms with Crippen molar-refractivity contribution in [1.29, 1.82) is 0 Å². The second-order valence-corrected chi connectivity index (χ2v) is 5.37. The highest BCUT2D eigenvalue weighted by molar-refractivity contribution is 9.09. The topological polar surface area (TPSA) is 18.5 Å². The highest BCUT2D eigenvalue weighted by atomic mass is 79.9. The molecule has 2 unspecified atom stereocenters. The summed E-state index contributed by atoms with van der Waals surface area (Å²) >= 11 is 3.79. The Morgan fingerprint density at radius 3 is 2.76 bits per heavy atom. The molecule has 1 aromatic carbocycles. The molecule has 1 heterocycles. The van der Waals surface area contributed by atoms with Gasteiger partial charge in [0.2, 0.25) is 0 Å². The van der Waals surface area contributed by atoms with E-state index in [-0.39, 0.29) is 0 Å². The SMILES string of the molecule is CCOc1ccc(C(Br)C2CCCOC2)cc1. The van der Waals surface area contributed by atoms with E-state index in [1.807, 2.05) is 19.1 Å². The van der Waals surface area contributed by atoms with E-state index in [1.165, 1.54) is 18.4 Å². The average Bonchev–Trinajstić information content (AvgIpc) is 2.40. The third-order valence-electron chi connectivity index (χ3n) is 3.12. The molecule has 1 aromatic rings. The Labute approximate surface area is 111 Å². The molecule has 17 heavy (non-hydrogen) atoms. The lowest BCUT2D eigenvalue weighted by Crippen LogP contribution is -2.20. The number of halogens is 1. The molecule has 0 aromatic heterocycles. The van der Waals surface area contributed by atoms with E-state index in [1.54, 1.807) is 0 Å². The Bertz CT molecular complexity index is 331. The van der Waals surface area contributed by atoms with Crippen molar-refractivity contribution in [3.8, 4) is 5.75 Å². The first kappa shape index (κ1) is 12.9. The zero-order chi connectivity index (χ0) is 12.1. The summed E-state index contributed by atoms with van der Waals surface area (Å²) in [6.45, 7) is 4.50. The lowest BCUT2D eigenvalue weighted by molar-refractivity contribution is 0.0546. The maximum Gasteiger partial charge on any atom is 0.119 e. The van der Waals surface area contributed by atoms with Gasteiger partial charge in [-0.2, -0.15) is 0 Å². The van der Waals surface area contributed by atoms with Crippen LogP contribution in [0.5, 0.6) is 5.75 Å². The molecule has 0 spiro atoms. The second kappa shape index (κ2) is 6.41. The molecule has 1 aliphatic rings. The van der Waals surface area contributed by atoms with Crippen molar-refractivity contribution in [2.75, 3.05) is 19.8 Å². The number of hydrogen-bond donors (Lipinski definition) is 0. The summed E-state index contributed by atoms with van der Waals surface area (Å²) < 4.78 is 11.0. The van der Waals surface area contributed by atoms with Gasteiger partial charge in [-0.3, -0.25) is 0 Å². The zero-order valence-corrected chi connectivity index (χ0v) is 11.8. The number of rotatable bonds is 4.